The molecule has 1 rings (SSSR count). The van der Waals surface area contributed by atoms with Crippen LogP contribution >= 0.6 is 11.6 Å². The van der Waals surface area contributed by atoms with E-state index >= 15 is 0 Å². The molecule has 0 heterocycles. The van der Waals surface area contributed by atoms with Crippen LogP contribution in [-0.4, -0.2) is 11.2 Å². The number of carbonyl (C=O) groups excluding carboxylic acids is 1. The Morgan fingerprint density at radius 3 is 2.90 bits per heavy atom. The molecule has 0 N–H and O–H groups in total. The Morgan fingerprint density at radius 2 is 2.40 bits per heavy atom. The Morgan fingerprint density at radius 1 is 1.70 bits per heavy atom. The average molecular weight is 161 g/mol. The van der Waals surface area contributed by atoms with Gasteiger partial charge in [-0.3, -0.25) is 4.79 Å². The Labute approximate surface area is 66.8 Å². The highest BCUT2D eigenvalue weighted by atomic mass is 35.5. The molecule has 0 amide bonds. The summed E-state index contributed by atoms with van der Waals surface area (Å²) in [6.07, 6.45) is 3.92. The highest BCUT2D eigenvalue weighted by molar-refractivity contribution is 6.31. The lowest BCUT2D eigenvalue weighted by Crippen LogP contribution is -2.28. The van der Waals surface area contributed by atoms with Gasteiger partial charge >= 0.3 is 0 Å². The van der Waals surface area contributed by atoms with Crippen molar-refractivity contribution in [3.8, 4) is 0 Å². The molecule has 1 nitrogen and oxygen atoms in total. The number of rotatable bonds is 1. The second-order valence-electron chi connectivity index (χ2n) is 2.93. The van der Waals surface area contributed by atoms with Crippen molar-refractivity contribution >= 4 is 17.4 Å². The zero-order valence-electron chi connectivity index (χ0n) is 6.27. The number of hydrogen-bond donors (Lipinski definition) is 0. The maximum Gasteiger partial charge on any atom is 0.150 e. The summed E-state index contributed by atoms with van der Waals surface area (Å²) in [6.45, 7) is 2.10. The number of hydrogen-bond acceptors (Lipinski definition) is 1. The maximum atomic E-state index is 11.0. The van der Waals surface area contributed by atoms with Crippen molar-refractivity contribution in [1.82, 2.24) is 0 Å². The molecule has 1 aliphatic rings. The zero-order chi connectivity index (χ0) is 7.56. The van der Waals surface area contributed by atoms with Gasteiger partial charge < -0.3 is 0 Å². The standard InChI is InChI=1S/C8H13ClO/c1-2-6-4-3-5-7(10)8(6)9/h6,8H,2-5H2,1H3. The molecule has 1 saturated carbocycles. The molecule has 0 radical (unpaired) electrons. The monoisotopic (exact) mass is 160 g/mol. The highest BCUT2D eigenvalue weighted by Crippen LogP contribution is 2.28. The first-order valence-electron chi connectivity index (χ1n) is 3.92. The van der Waals surface area contributed by atoms with E-state index in [0.717, 1.165) is 19.3 Å². The van der Waals surface area contributed by atoms with E-state index in [2.05, 4.69) is 6.92 Å². The van der Waals surface area contributed by atoms with Crippen LogP contribution in [0.5, 0.6) is 0 Å². The second kappa shape index (κ2) is 3.38. The molecule has 0 aromatic heterocycles. The van der Waals surface area contributed by atoms with Gasteiger partial charge in [-0.2, -0.15) is 0 Å². The van der Waals surface area contributed by atoms with Crippen molar-refractivity contribution < 1.29 is 4.79 Å². The van der Waals surface area contributed by atoms with Gasteiger partial charge in [-0.1, -0.05) is 13.3 Å². The predicted octanol–water partition coefficient (Wildman–Crippen LogP) is 2.37. The van der Waals surface area contributed by atoms with Gasteiger partial charge in [0.15, 0.2) is 5.78 Å². The molecule has 0 saturated heterocycles. The Kier molecular flexibility index (Phi) is 2.72. The van der Waals surface area contributed by atoms with Crippen LogP contribution in [0.15, 0.2) is 0 Å². The van der Waals surface area contributed by atoms with Gasteiger partial charge in [-0.25, -0.2) is 0 Å². The number of carbonyl (C=O) groups is 1. The number of alkyl halides is 1. The molecular weight excluding hydrogens is 148 g/mol. The van der Waals surface area contributed by atoms with Crippen LogP contribution in [0.4, 0.5) is 0 Å². The first-order chi connectivity index (χ1) is 4.75. The molecule has 10 heavy (non-hydrogen) atoms. The van der Waals surface area contributed by atoms with Crippen LogP contribution in [0, 0.1) is 5.92 Å². The van der Waals surface area contributed by atoms with Crippen molar-refractivity contribution in [2.24, 2.45) is 5.92 Å². The van der Waals surface area contributed by atoms with Crippen LogP contribution in [-0.2, 0) is 4.79 Å². The summed E-state index contributed by atoms with van der Waals surface area (Å²) in [6, 6.07) is 0. The summed E-state index contributed by atoms with van der Waals surface area (Å²) in [5.74, 6) is 0.697. The SMILES string of the molecule is CCC1CCCC(=O)C1Cl. The fraction of sp³-hybridized carbons (Fsp3) is 0.875. The summed E-state index contributed by atoms with van der Waals surface area (Å²) < 4.78 is 0. The predicted molar refractivity (Wildman–Crippen MR) is 42.3 cm³/mol. The molecule has 0 bridgehead atoms. The quantitative estimate of drug-likeness (QED) is 0.539. The van der Waals surface area contributed by atoms with E-state index in [-0.39, 0.29) is 11.2 Å². The largest absolute Gasteiger partial charge is 0.298 e. The summed E-state index contributed by atoms with van der Waals surface area (Å²) in [5.41, 5.74) is 0. The molecule has 0 aromatic rings. The molecular formula is C8H13ClO. The molecule has 58 valence electrons. The fourth-order valence-corrected chi connectivity index (χ4v) is 1.91. The van der Waals surface area contributed by atoms with E-state index in [1.165, 1.54) is 0 Å². The van der Waals surface area contributed by atoms with Crippen LogP contribution in [0.1, 0.15) is 32.6 Å². The van der Waals surface area contributed by atoms with E-state index in [0.29, 0.717) is 12.3 Å². The van der Waals surface area contributed by atoms with E-state index in [9.17, 15) is 4.79 Å². The summed E-state index contributed by atoms with van der Waals surface area (Å²) in [5, 5.41) is -0.182. The lowest BCUT2D eigenvalue weighted by Gasteiger charge is -2.24. The second-order valence-corrected chi connectivity index (χ2v) is 3.40. The molecule has 2 heteroatoms. The van der Waals surface area contributed by atoms with Crippen molar-refractivity contribution in [1.29, 1.82) is 0 Å². The van der Waals surface area contributed by atoms with Crippen LogP contribution in [0.25, 0.3) is 0 Å². The third kappa shape index (κ3) is 1.51. The van der Waals surface area contributed by atoms with Gasteiger partial charge in [0.05, 0.1) is 5.38 Å². The highest BCUT2D eigenvalue weighted by Gasteiger charge is 2.28. The fourth-order valence-electron chi connectivity index (χ4n) is 1.50. The Balaban J connectivity index is 2.51. The molecule has 0 aromatic carbocycles. The molecule has 0 aliphatic heterocycles. The van der Waals surface area contributed by atoms with E-state index < -0.39 is 0 Å². The van der Waals surface area contributed by atoms with Gasteiger partial charge in [0.1, 0.15) is 0 Å². The number of Topliss-reactive ketones (excluding diaryl/α,β-unsaturated/α-hetero) is 1. The van der Waals surface area contributed by atoms with Crippen molar-refractivity contribution in [3.63, 3.8) is 0 Å². The van der Waals surface area contributed by atoms with Crippen LogP contribution in [0.3, 0.4) is 0 Å². The third-order valence-electron chi connectivity index (χ3n) is 2.24. The van der Waals surface area contributed by atoms with Crippen molar-refractivity contribution in [3.05, 3.63) is 0 Å². The topological polar surface area (TPSA) is 17.1 Å². The third-order valence-corrected chi connectivity index (χ3v) is 2.84. The normalized spacial score (nSPS) is 34.4. The Bertz CT molecular complexity index is 133. The van der Waals surface area contributed by atoms with Crippen LogP contribution < -0.4 is 0 Å². The molecule has 2 atom stereocenters. The van der Waals surface area contributed by atoms with Gasteiger partial charge in [0.2, 0.25) is 0 Å². The minimum absolute atomic E-state index is 0.182. The smallest absolute Gasteiger partial charge is 0.150 e. The van der Waals surface area contributed by atoms with Gasteiger partial charge in [0.25, 0.3) is 0 Å². The Hall–Kier alpha value is -0.0400. The van der Waals surface area contributed by atoms with Crippen molar-refractivity contribution in [2.75, 3.05) is 0 Å². The maximum absolute atomic E-state index is 11.0. The summed E-state index contributed by atoms with van der Waals surface area (Å²) in [4.78, 5) is 11.0. The lowest BCUT2D eigenvalue weighted by atomic mass is 9.86. The van der Waals surface area contributed by atoms with E-state index in [1.807, 2.05) is 0 Å². The minimum Gasteiger partial charge on any atom is -0.298 e. The minimum atomic E-state index is -0.182. The number of ketones is 1. The van der Waals surface area contributed by atoms with Gasteiger partial charge in [-0.05, 0) is 18.8 Å². The van der Waals surface area contributed by atoms with Crippen LogP contribution in [0.2, 0.25) is 0 Å². The molecule has 1 fully saturated rings. The number of halogens is 1. The first-order valence-corrected chi connectivity index (χ1v) is 4.36. The van der Waals surface area contributed by atoms with Gasteiger partial charge in [0, 0.05) is 6.42 Å². The first kappa shape index (κ1) is 8.06. The molecule has 0 spiro atoms. The summed E-state index contributed by atoms with van der Waals surface area (Å²) in [7, 11) is 0. The molecule has 2 unspecified atom stereocenters. The average Bonchev–Trinajstić information content (AvgIpc) is 1.95. The van der Waals surface area contributed by atoms with Crippen molar-refractivity contribution in [2.45, 2.75) is 38.0 Å². The lowest BCUT2D eigenvalue weighted by molar-refractivity contribution is -0.121. The van der Waals surface area contributed by atoms with E-state index in [4.69, 9.17) is 11.6 Å². The zero-order valence-corrected chi connectivity index (χ0v) is 7.03. The summed E-state index contributed by atoms with van der Waals surface area (Å²) >= 11 is 5.88. The molecule has 1 aliphatic carbocycles. The van der Waals surface area contributed by atoms with Gasteiger partial charge in [-0.15, -0.1) is 11.6 Å². The van der Waals surface area contributed by atoms with E-state index in [1.54, 1.807) is 0 Å².